The minimum Gasteiger partial charge on any atom is -0.351 e. The molecule has 1 saturated heterocycles. The van der Waals surface area contributed by atoms with Crippen LogP contribution in [0.1, 0.15) is 36.4 Å². The number of hydrogen-bond acceptors (Lipinski definition) is 3. The molecule has 1 aliphatic rings. The number of nitrogens with zero attached hydrogens (tertiary/aromatic N) is 1. The van der Waals surface area contributed by atoms with E-state index in [0.29, 0.717) is 19.5 Å². The summed E-state index contributed by atoms with van der Waals surface area (Å²) in [4.78, 5) is 26.5. The maximum atomic E-state index is 12.4. The highest BCUT2D eigenvalue weighted by Gasteiger charge is 2.27. The van der Waals surface area contributed by atoms with Crippen LogP contribution in [0.3, 0.4) is 0 Å². The predicted octanol–water partition coefficient (Wildman–Crippen LogP) is 2.85. The molecule has 0 aliphatic carbocycles. The molecule has 0 radical (unpaired) electrons. The van der Waals surface area contributed by atoms with Gasteiger partial charge in [0.15, 0.2) is 0 Å². The number of carbonyl (C=O) groups is 2. The van der Waals surface area contributed by atoms with E-state index in [-0.39, 0.29) is 42.7 Å². The van der Waals surface area contributed by atoms with Gasteiger partial charge in [0.2, 0.25) is 11.8 Å². The highest BCUT2D eigenvalue weighted by atomic mass is 35.5. The molecule has 3 rings (SSSR count). The van der Waals surface area contributed by atoms with E-state index < -0.39 is 0 Å². The van der Waals surface area contributed by atoms with Gasteiger partial charge in [-0.05, 0) is 24.0 Å². The molecule has 0 saturated carbocycles. The van der Waals surface area contributed by atoms with Crippen molar-refractivity contribution >= 4 is 24.2 Å². The number of rotatable bonds is 7. The van der Waals surface area contributed by atoms with Gasteiger partial charge in [-0.1, -0.05) is 60.7 Å². The zero-order valence-corrected chi connectivity index (χ0v) is 16.7. The van der Waals surface area contributed by atoms with Crippen LogP contribution in [-0.2, 0) is 16.0 Å². The normalized spacial score (nSPS) is 16.9. The Hall–Kier alpha value is -2.37. The summed E-state index contributed by atoms with van der Waals surface area (Å²) in [6.07, 6.45) is 2.30. The average Bonchev–Trinajstić information content (AvgIpc) is 3.16. The van der Waals surface area contributed by atoms with Crippen molar-refractivity contribution in [1.29, 1.82) is 0 Å². The van der Waals surface area contributed by atoms with Crippen molar-refractivity contribution in [3.8, 4) is 0 Å². The van der Waals surface area contributed by atoms with Gasteiger partial charge in [0, 0.05) is 38.0 Å². The number of halogens is 1. The number of likely N-dealkylation sites (tertiary alicyclic amines) is 1. The Kier molecular flexibility index (Phi) is 8.48. The van der Waals surface area contributed by atoms with Gasteiger partial charge in [0.25, 0.3) is 0 Å². The van der Waals surface area contributed by atoms with Crippen LogP contribution in [0.5, 0.6) is 0 Å². The number of hydrogen-bond donors (Lipinski definition) is 2. The smallest absolute Gasteiger partial charge is 0.222 e. The molecule has 6 heteroatoms. The van der Waals surface area contributed by atoms with E-state index in [1.54, 1.807) is 0 Å². The number of nitrogens with one attached hydrogen (secondary N) is 1. The molecule has 3 N–H and O–H groups in total. The molecule has 1 aliphatic heterocycles. The van der Waals surface area contributed by atoms with E-state index in [4.69, 9.17) is 5.73 Å². The molecule has 5 nitrogen and oxygen atoms in total. The van der Waals surface area contributed by atoms with Crippen LogP contribution in [0.4, 0.5) is 0 Å². The lowest BCUT2D eigenvalue weighted by molar-refractivity contribution is -0.130. The lowest BCUT2D eigenvalue weighted by Crippen LogP contribution is -2.39. The third-order valence-electron chi connectivity index (χ3n) is 5.01. The third kappa shape index (κ3) is 6.36. The summed E-state index contributed by atoms with van der Waals surface area (Å²) in [7, 11) is 0. The molecule has 2 amide bonds. The topological polar surface area (TPSA) is 75.4 Å². The van der Waals surface area contributed by atoms with Crippen molar-refractivity contribution in [2.24, 2.45) is 5.73 Å². The first kappa shape index (κ1) is 21.9. The SMILES string of the molecule is Cl.NC(CC(=O)NC1CCN(C(=O)CCc2ccccc2)C1)c1ccccc1. The van der Waals surface area contributed by atoms with Crippen molar-refractivity contribution < 1.29 is 9.59 Å². The quantitative estimate of drug-likeness (QED) is 0.749. The third-order valence-corrected chi connectivity index (χ3v) is 5.01. The molecule has 28 heavy (non-hydrogen) atoms. The Balaban J connectivity index is 0.00000280. The number of aryl methyl sites for hydroxylation is 1. The second-order valence-corrected chi connectivity index (χ2v) is 7.10. The van der Waals surface area contributed by atoms with Gasteiger partial charge in [-0.25, -0.2) is 0 Å². The van der Waals surface area contributed by atoms with Crippen molar-refractivity contribution in [1.82, 2.24) is 10.2 Å². The van der Waals surface area contributed by atoms with Gasteiger partial charge in [-0.15, -0.1) is 12.4 Å². The highest BCUT2D eigenvalue weighted by Crippen LogP contribution is 2.15. The van der Waals surface area contributed by atoms with Crippen LogP contribution < -0.4 is 11.1 Å². The molecule has 2 atom stereocenters. The summed E-state index contributed by atoms with van der Waals surface area (Å²) in [6.45, 7) is 1.28. The number of benzene rings is 2. The van der Waals surface area contributed by atoms with Gasteiger partial charge < -0.3 is 16.0 Å². The first-order valence-corrected chi connectivity index (χ1v) is 9.53. The van der Waals surface area contributed by atoms with Crippen LogP contribution in [0.2, 0.25) is 0 Å². The Bertz CT molecular complexity index is 755. The van der Waals surface area contributed by atoms with Gasteiger partial charge >= 0.3 is 0 Å². The molecule has 0 aromatic heterocycles. The first-order valence-electron chi connectivity index (χ1n) is 9.53. The van der Waals surface area contributed by atoms with E-state index in [0.717, 1.165) is 18.4 Å². The molecule has 2 aromatic rings. The summed E-state index contributed by atoms with van der Waals surface area (Å²) in [5, 5.41) is 3.03. The number of carbonyl (C=O) groups excluding carboxylic acids is 2. The Morgan fingerprint density at radius 1 is 1.07 bits per heavy atom. The van der Waals surface area contributed by atoms with Crippen LogP contribution in [-0.4, -0.2) is 35.8 Å². The van der Waals surface area contributed by atoms with E-state index >= 15 is 0 Å². The van der Waals surface area contributed by atoms with Crippen LogP contribution in [0.25, 0.3) is 0 Å². The minimum atomic E-state index is -0.309. The second-order valence-electron chi connectivity index (χ2n) is 7.10. The fourth-order valence-electron chi connectivity index (χ4n) is 3.46. The summed E-state index contributed by atoms with van der Waals surface area (Å²) in [5.41, 5.74) is 8.24. The van der Waals surface area contributed by atoms with E-state index in [9.17, 15) is 9.59 Å². The van der Waals surface area contributed by atoms with Crippen LogP contribution in [0, 0.1) is 0 Å². The number of nitrogens with two attached hydrogens (primary N) is 1. The first-order chi connectivity index (χ1) is 13.1. The summed E-state index contributed by atoms with van der Waals surface area (Å²) in [6, 6.07) is 19.4. The fraction of sp³-hybridized carbons (Fsp3) is 0.364. The molecule has 2 unspecified atom stereocenters. The van der Waals surface area contributed by atoms with Gasteiger partial charge in [-0.3, -0.25) is 9.59 Å². The zero-order valence-electron chi connectivity index (χ0n) is 15.9. The average molecular weight is 402 g/mol. The predicted molar refractivity (Wildman–Crippen MR) is 113 cm³/mol. The molecule has 0 bridgehead atoms. The van der Waals surface area contributed by atoms with Gasteiger partial charge in [-0.2, -0.15) is 0 Å². The summed E-state index contributed by atoms with van der Waals surface area (Å²) >= 11 is 0. The fourth-order valence-corrected chi connectivity index (χ4v) is 3.46. The lowest BCUT2D eigenvalue weighted by atomic mass is 10.0. The standard InChI is InChI=1S/C22H27N3O2.ClH/c23-20(18-9-5-2-6-10-18)15-21(26)24-19-13-14-25(16-19)22(27)12-11-17-7-3-1-4-8-17;/h1-10,19-20H,11-16,23H2,(H,24,26);1H. The molecule has 2 aromatic carbocycles. The molecule has 150 valence electrons. The van der Waals surface area contributed by atoms with Crippen LogP contribution >= 0.6 is 12.4 Å². The largest absolute Gasteiger partial charge is 0.351 e. The Morgan fingerprint density at radius 3 is 2.39 bits per heavy atom. The van der Waals surface area contributed by atoms with Crippen molar-refractivity contribution in [2.45, 2.75) is 37.8 Å². The minimum absolute atomic E-state index is 0. The molecule has 0 spiro atoms. The maximum absolute atomic E-state index is 12.4. The molecule has 1 fully saturated rings. The maximum Gasteiger partial charge on any atom is 0.222 e. The monoisotopic (exact) mass is 401 g/mol. The highest BCUT2D eigenvalue weighted by molar-refractivity contribution is 5.85. The van der Waals surface area contributed by atoms with Crippen molar-refractivity contribution in [3.63, 3.8) is 0 Å². The zero-order chi connectivity index (χ0) is 19.1. The molecule has 1 heterocycles. The van der Waals surface area contributed by atoms with Crippen LogP contribution in [0.15, 0.2) is 60.7 Å². The summed E-state index contributed by atoms with van der Waals surface area (Å²) < 4.78 is 0. The Morgan fingerprint density at radius 2 is 1.71 bits per heavy atom. The number of amides is 2. The van der Waals surface area contributed by atoms with Crippen molar-refractivity contribution in [3.05, 3.63) is 71.8 Å². The van der Waals surface area contributed by atoms with E-state index in [2.05, 4.69) is 5.32 Å². The second kappa shape index (κ2) is 10.8. The van der Waals surface area contributed by atoms with Crippen molar-refractivity contribution in [2.75, 3.05) is 13.1 Å². The molecular weight excluding hydrogens is 374 g/mol. The van der Waals surface area contributed by atoms with E-state index in [1.807, 2.05) is 65.6 Å². The Labute approximate surface area is 172 Å². The lowest BCUT2D eigenvalue weighted by Gasteiger charge is -2.18. The van der Waals surface area contributed by atoms with Gasteiger partial charge in [0.1, 0.15) is 0 Å². The summed E-state index contributed by atoms with van der Waals surface area (Å²) in [5.74, 6) is 0.0894. The van der Waals surface area contributed by atoms with E-state index in [1.165, 1.54) is 5.56 Å². The molecular formula is C22H28ClN3O2. The van der Waals surface area contributed by atoms with Gasteiger partial charge in [0.05, 0.1) is 0 Å².